The number of Topliss-reactive ketones (excluding diaryl/α,β-unsaturated/α-hetero) is 1. The highest BCUT2D eigenvalue weighted by Gasteiger charge is 2.32. The third-order valence-electron chi connectivity index (χ3n) is 3.24. The lowest BCUT2D eigenvalue weighted by atomic mass is 9.78. The zero-order valence-corrected chi connectivity index (χ0v) is 12.4. The highest BCUT2D eigenvalue weighted by Crippen LogP contribution is 2.29. The Bertz CT molecular complexity index is 605. The lowest BCUT2D eigenvalue weighted by molar-refractivity contribution is 0.0904. The number of hydrogen-bond donors (Lipinski definition) is 0. The predicted molar refractivity (Wildman–Crippen MR) is 77.9 cm³/mol. The summed E-state index contributed by atoms with van der Waals surface area (Å²) in [6.07, 6.45) is 0. The SMILES string of the molecule is CC(C)(C(=O)c1cc(Br)ccc1F)c1ccccc1. The summed E-state index contributed by atoms with van der Waals surface area (Å²) in [5.74, 6) is -0.713. The fraction of sp³-hybridized carbons (Fsp3) is 0.188. The second kappa shape index (κ2) is 5.25. The van der Waals surface area contributed by atoms with Gasteiger partial charge in [0, 0.05) is 4.47 Å². The van der Waals surface area contributed by atoms with Crippen LogP contribution in [-0.4, -0.2) is 5.78 Å². The molecule has 0 aliphatic rings. The van der Waals surface area contributed by atoms with Gasteiger partial charge in [-0.25, -0.2) is 4.39 Å². The maximum Gasteiger partial charge on any atom is 0.175 e. The number of rotatable bonds is 3. The summed E-state index contributed by atoms with van der Waals surface area (Å²) >= 11 is 3.27. The predicted octanol–water partition coefficient (Wildman–Crippen LogP) is 4.75. The average Bonchev–Trinajstić information content (AvgIpc) is 2.41. The van der Waals surface area contributed by atoms with Crippen LogP contribution in [0.4, 0.5) is 4.39 Å². The van der Waals surface area contributed by atoms with E-state index in [4.69, 9.17) is 0 Å². The van der Waals surface area contributed by atoms with Gasteiger partial charge in [-0.15, -0.1) is 0 Å². The maximum absolute atomic E-state index is 13.8. The fourth-order valence-electron chi connectivity index (χ4n) is 1.99. The first-order valence-electron chi connectivity index (χ1n) is 5.98. The summed E-state index contributed by atoms with van der Waals surface area (Å²) in [6.45, 7) is 3.62. The monoisotopic (exact) mass is 320 g/mol. The molecule has 1 nitrogen and oxygen atoms in total. The minimum atomic E-state index is -0.761. The molecule has 0 saturated carbocycles. The van der Waals surface area contributed by atoms with Gasteiger partial charge in [0.25, 0.3) is 0 Å². The molecule has 0 aliphatic heterocycles. The van der Waals surface area contributed by atoms with Crippen LogP contribution in [0, 0.1) is 5.82 Å². The summed E-state index contributed by atoms with van der Waals surface area (Å²) in [6, 6.07) is 13.8. The molecule has 98 valence electrons. The molecule has 0 atom stereocenters. The van der Waals surface area contributed by atoms with Gasteiger partial charge in [0.15, 0.2) is 5.78 Å². The molecule has 2 aromatic rings. The van der Waals surface area contributed by atoms with Crippen LogP contribution in [0.5, 0.6) is 0 Å². The normalized spacial score (nSPS) is 11.4. The van der Waals surface area contributed by atoms with Crippen LogP contribution in [0.2, 0.25) is 0 Å². The van der Waals surface area contributed by atoms with Crippen LogP contribution < -0.4 is 0 Å². The van der Waals surface area contributed by atoms with E-state index >= 15 is 0 Å². The summed E-state index contributed by atoms with van der Waals surface area (Å²) < 4.78 is 14.5. The standard InChI is InChI=1S/C16H14BrFO/c1-16(2,11-6-4-3-5-7-11)15(19)13-10-12(17)8-9-14(13)18/h3-10H,1-2H3. The van der Waals surface area contributed by atoms with Crippen molar-refractivity contribution in [3.8, 4) is 0 Å². The van der Waals surface area contributed by atoms with Crippen molar-refractivity contribution in [2.24, 2.45) is 0 Å². The van der Waals surface area contributed by atoms with E-state index < -0.39 is 11.2 Å². The van der Waals surface area contributed by atoms with Crippen LogP contribution >= 0.6 is 15.9 Å². The molecule has 19 heavy (non-hydrogen) atoms. The summed E-state index contributed by atoms with van der Waals surface area (Å²) in [5.41, 5.74) is 0.228. The minimum Gasteiger partial charge on any atom is -0.293 e. The third kappa shape index (κ3) is 2.76. The smallest absolute Gasteiger partial charge is 0.175 e. The lowest BCUT2D eigenvalue weighted by Gasteiger charge is -2.24. The van der Waals surface area contributed by atoms with Crippen LogP contribution in [0.25, 0.3) is 0 Å². The minimum absolute atomic E-state index is 0.114. The fourth-order valence-corrected chi connectivity index (χ4v) is 2.36. The first-order chi connectivity index (χ1) is 8.93. The van der Waals surface area contributed by atoms with Gasteiger partial charge in [-0.3, -0.25) is 4.79 Å². The second-order valence-electron chi connectivity index (χ2n) is 4.94. The van der Waals surface area contributed by atoms with E-state index in [0.29, 0.717) is 4.47 Å². The van der Waals surface area contributed by atoms with Crippen LogP contribution in [0.3, 0.4) is 0 Å². The lowest BCUT2D eigenvalue weighted by Crippen LogP contribution is -2.29. The van der Waals surface area contributed by atoms with Crippen molar-refractivity contribution in [2.45, 2.75) is 19.3 Å². The van der Waals surface area contributed by atoms with Crippen LogP contribution in [0.15, 0.2) is 53.0 Å². The first kappa shape index (κ1) is 13.9. The van der Waals surface area contributed by atoms with Gasteiger partial charge in [-0.1, -0.05) is 46.3 Å². The van der Waals surface area contributed by atoms with Gasteiger partial charge >= 0.3 is 0 Å². The Balaban J connectivity index is 2.46. The second-order valence-corrected chi connectivity index (χ2v) is 5.86. The molecule has 0 aromatic heterocycles. The summed E-state index contributed by atoms with van der Waals surface area (Å²) in [7, 11) is 0. The van der Waals surface area contributed by atoms with E-state index in [1.807, 2.05) is 44.2 Å². The number of ketones is 1. The van der Waals surface area contributed by atoms with Crippen molar-refractivity contribution >= 4 is 21.7 Å². The van der Waals surface area contributed by atoms with Crippen molar-refractivity contribution in [1.82, 2.24) is 0 Å². The largest absolute Gasteiger partial charge is 0.293 e. The molecular formula is C16H14BrFO. The Morgan fingerprint density at radius 2 is 1.74 bits per heavy atom. The number of carbonyl (C=O) groups excluding carboxylic acids is 1. The summed E-state index contributed by atoms with van der Waals surface area (Å²) in [4.78, 5) is 12.6. The Kier molecular flexibility index (Phi) is 3.85. The van der Waals surface area contributed by atoms with Gasteiger partial charge in [0.1, 0.15) is 5.82 Å². The van der Waals surface area contributed by atoms with Crippen molar-refractivity contribution < 1.29 is 9.18 Å². The van der Waals surface area contributed by atoms with E-state index in [1.54, 1.807) is 6.07 Å². The van der Waals surface area contributed by atoms with E-state index in [-0.39, 0.29) is 11.3 Å². The van der Waals surface area contributed by atoms with E-state index in [0.717, 1.165) is 5.56 Å². The molecule has 0 fully saturated rings. The number of hydrogen-bond acceptors (Lipinski definition) is 1. The third-order valence-corrected chi connectivity index (χ3v) is 3.73. The summed E-state index contributed by atoms with van der Waals surface area (Å²) in [5, 5.41) is 0. The molecule has 0 spiro atoms. The highest BCUT2D eigenvalue weighted by molar-refractivity contribution is 9.10. The highest BCUT2D eigenvalue weighted by atomic mass is 79.9. The number of carbonyl (C=O) groups is 1. The Morgan fingerprint density at radius 3 is 2.37 bits per heavy atom. The van der Waals surface area contributed by atoms with Crippen molar-refractivity contribution in [3.05, 3.63) is 69.9 Å². The molecule has 0 N–H and O–H groups in total. The van der Waals surface area contributed by atoms with E-state index in [1.165, 1.54) is 12.1 Å². The maximum atomic E-state index is 13.8. The van der Waals surface area contributed by atoms with Gasteiger partial charge in [-0.05, 0) is 37.6 Å². The van der Waals surface area contributed by atoms with Crippen molar-refractivity contribution in [3.63, 3.8) is 0 Å². The zero-order chi connectivity index (χ0) is 14.0. The van der Waals surface area contributed by atoms with Crippen molar-refractivity contribution in [2.75, 3.05) is 0 Å². The number of benzene rings is 2. The molecular weight excluding hydrogens is 307 g/mol. The molecule has 0 radical (unpaired) electrons. The van der Waals surface area contributed by atoms with Gasteiger partial charge in [0.2, 0.25) is 0 Å². The van der Waals surface area contributed by atoms with E-state index in [2.05, 4.69) is 15.9 Å². The Labute approximate surface area is 120 Å². The van der Waals surface area contributed by atoms with Crippen LogP contribution in [0.1, 0.15) is 29.8 Å². The Morgan fingerprint density at radius 1 is 1.11 bits per heavy atom. The van der Waals surface area contributed by atoms with Gasteiger partial charge in [-0.2, -0.15) is 0 Å². The molecule has 0 saturated heterocycles. The molecule has 0 unspecified atom stereocenters. The Hall–Kier alpha value is -1.48. The van der Waals surface area contributed by atoms with Crippen molar-refractivity contribution in [1.29, 1.82) is 0 Å². The number of halogens is 2. The quantitative estimate of drug-likeness (QED) is 0.746. The molecule has 0 heterocycles. The first-order valence-corrected chi connectivity index (χ1v) is 6.77. The van der Waals surface area contributed by atoms with Crippen LogP contribution in [-0.2, 0) is 5.41 Å². The molecule has 3 heteroatoms. The molecule has 0 amide bonds. The van der Waals surface area contributed by atoms with Gasteiger partial charge < -0.3 is 0 Å². The van der Waals surface area contributed by atoms with Gasteiger partial charge in [0.05, 0.1) is 11.0 Å². The molecule has 2 rings (SSSR count). The molecule has 2 aromatic carbocycles. The average molecular weight is 321 g/mol. The zero-order valence-electron chi connectivity index (χ0n) is 10.8. The molecule has 0 bridgehead atoms. The topological polar surface area (TPSA) is 17.1 Å². The van der Waals surface area contributed by atoms with E-state index in [9.17, 15) is 9.18 Å². The molecule has 0 aliphatic carbocycles.